The van der Waals surface area contributed by atoms with Crippen LogP contribution in [0.2, 0.25) is 0 Å². The van der Waals surface area contributed by atoms with Crippen molar-refractivity contribution in [1.82, 2.24) is 9.88 Å². The molecule has 0 saturated carbocycles. The first-order valence-electron chi connectivity index (χ1n) is 7.58. The fourth-order valence-corrected chi connectivity index (χ4v) is 3.18. The Kier molecular flexibility index (Phi) is 4.96. The van der Waals surface area contributed by atoms with Crippen LogP contribution in [-0.2, 0) is 16.0 Å². The van der Waals surface area contributed by atoms with Crippen LogP contribution in [0.5, 0.6) is 0 Å². The Morgan fingerprint density at radius 1 is 1.25 bits per heavy atom. The zero-order chi connectivity index (χ0) is 16.9. The molecular formula is C18H17N3O2S. The van der Waals surface area contributed by atoms with Gasteiger partial charge in [0.05, 0.1) is 10.6 Å². The topological polar surface area (TPSA) is 62.3 Å². The molecule has 1 aromatic heterocycles. The molecular weight excluding hydrogens is 322 g/mol. The molecule has 5 nitrogen and oxygen atoms in total. The number of hydrogen-bond donors (Lipinski definition) is 1. The number of thioether (sulfide) groups is 1. The highest BCUT2D eigenvalue weighted by Crippen LogP contribution is 2.37. The molecule has 1 aromatic carbocycles. The lowest BCUT2D eigenvalue weighted by Gasteiger charge is -2.19. The van der Waals surface area contributed by atoms with E-state index in [0.29, 0.717) is 17.9 Å². The Bertz CT molecular complexity index is 790. The summed E-state index contributed by atoms with van der Waals surface area (Å²) in [7, 11) is 1.72. The summed E-state index contributed by atoms with van der Waals surface area (Å²) in [6.07, 6.45) is 3.81. The normalized spacial score (nSPS) is 14.9. The monoisotopic (exact) mass is 339 g/mol. The lowest BCUT2D eigenvalue weighted by molar-refractivity contribution is -0.125. The van der Waals surface area contributed by atoms with Crippen LogP contribution < -0.4 is 5.32 Å². The Labute approximate surface area is 144 Å². The molecule has 0 bridgehead atoms. The van der Waals surface area contributed by atoms with Gasteiger partial charge in [-0.3, -0.25) is 14.6 Å². The second kappa shape index (κ2) is 7.31. The number of aromatic nitrogens is 1. The first-order chi connectivity index (χ1) is 11.6. The van der Waals surface area contributed by atoms with Gasteiger partial charge in [-0.15, -0.1) is 0 Å². The van der Waals surface area contributed by atoms with E-state index >= 15 is 0 Å². The summed E-state index contributed by atoms with van der Waals surface area (Å²) in [6, 6.07) is 13.2. The van der Waals surface area contributed by atoms with Gasteiger partial charge in [-0.1, -0.05) is 30.0 Å². The Morgan fingerprint density at radius 2 is 2.04 bits per heavy atom. The number of amides is 2. The van der Waals surface area contributed by atoms with Crippen LogP contribution in [0.15, 0.2) is 64.5 Å². The summed E-state index contributed by atoms with van der Waals surface area (Å²) in [6.45, 7) is 0.544. The molecule has 1 N–H and O–H groups in total. The van der Waals surface area contributed by atoms with Crippen molar-refractivity contribution in [2.24, 2.45) is 0 Å². The van der Waals surface area contributed by atoms with Crippen LogP contribution in [0.4, 0.5) is 5.69 Å². The molecule has 0 saturated heterocycles. The second-order valence-corrected chi connectivity index (χ2v) is 6.48. The van der Waals surface area contributed by atoms with Crippen molar-refractivity contribution in [2.75, 3.05) is 18.9 Å². The maximum Gasteiger partial charge on any atom is 0.262 e. The van der Waals surface area contributed by atoms with Crippen LogP contribution in [-0.4, -0.2) is 35.3 Å². The number of anilines is 1. The number of nitrogens with zero attached hydrogens (tertiary/aromatic N) is 2. The van der Waals surface area contributed by atoms with Crippen LogP contribution >= 0.6 is 11.8 Å². The highest BCUT2D eigenvalue weighted by molar-refractivity contribution is 8.04. The molecule has 2 heterocycles. The van der Waals surface area contributed by atoms with E-state index in [1.165, 1.54) is 17.8 Å². The minimum atomic E-state index is -0.245. The highest BCUT2D eigenvalue weighted by atomic mass is 32.2. The fourth-order valence-electron chi connectivity index (χ4n) is 2.26. The van der Waals surface area contributed by atoms with Crippen LogP contribution in [0.25, 0.3) is 0 Å². The molecule has 0 aliphatic carbocycles. The van der Waals surface area contributed by atoms with Crippen molar-refractivity contribution >= 4 is 29.3 Å². The minimum Gasteiger partial charge on any atom is -0.342 e. The first-order valence-corrected chi connectivity index (χ1v) is 8.40. The van der Waals surface area contributed by atoms with E-state index in [-0.39, 0.29) is 11.8 Å². The van der Waals surface area contributed by atoms with Gasteiger partial charge in [0.15, 0.2) is 0 Å². The molecule has 3 rings (SSSR count). The summed E-state index contributed by atoms with van der Waals surface area (Å²) in [5, 5.41) is 2.80. The summed E-state index contributed by atoms with van der Waals surface area (Å²) >= 11 is 1.31. The number of pyridine rings is 1. The fraction of sp³-hybridized carbons (Fsp3) is 0.167. The maximum absolute atomic E-state index is 12.3. The van der Waals surface area contributed by atoms with E-state index < -0.39 is 0 Å². The van der Waals surface area contributed by atoms with Gasteiger partial charge in [-0.25, -0.2) is 0 Å². The standard InChI is InChI=1S/C18H17N3O2S/c1-21(11-9-13-6-4-5-10-19-13)17(22)12-16-18(23)20-14-7-2-3-8-15(14)24-16/h2-8,10,12H,9,11H2,1H3,(H,20,23)/b16-12-. The highest BCUT2D eigenvalue weighted by Gasteiger charge is 2.22. The Balaban J connectivity index is 1.65. The Hall–Kier alpha value is -2.60. The van der Waals surface area contributed by atoms with E-state index in [2.05, 4.69) is 10.3 Å². The number of rotatable bonds is 4. The molecule has 0 unspecified atom stereocenters. The van der Waals surface area contributed by atoms with Crippen molar-refractivity contribution in [3.8, 4) is 0 Å². The number of nitrogens with one attached hydrogen (secondary N) is 1. The molecule has 2 aromatic rings. The van der Waals surface area contributed by atoms with Crippen molar-refractivity contribution in [3.63, 3.8) is 0 Å². The summed E-state index contributed by atoms with van der Waals surface area (Å²) in [4.78, 5) is 31.6. The molecule has 6 heteroatoms. The molecule has 0 atom stereocenters. The molecule has 0 spiro atoms. The van der Waals surface area contributed by atoms with Gasteiger partial charge in [0.25, 0.3) is 5.91 Å². The number of benzene rings is 1. The quantitative estimate of drug-likeness (QED) is 0.870. The number of likely N-dealkylation sites (N-methyl/N-ethyl adjacent to an activating group) is 1. The smallest absolute Gasteiger partial charge is 0.262 e. The van der Waals surface area contributed by atoms with Gasteiger partial charge in [0.2, 0.25) is 5.91 Å². The van der Waals surface area contributed by atoms with Crippen LogP contribution in [0.3, 0.4) is 0 Å². The van der Waals surface area contributed by atoms with Crippen LogP contribution in [0.1, 0.15) is 5.69 Å². The van der Waals surface area contributed by atoms with Gasteiger partial charge < -0.3 is 10.2 Å². The first kappa shape index (κ1) is 16.3. The third kappa shape index (κ3) is 3.83. The van der Waals surface area contributed by atoms with E-state index in [4.69, 9.17) is 0 Å². The zero-order valence-corrected chi connectivity index (χ0v) is 14.0. The number of carbonyl (C=O) groups excluding carboxylic acids is 2. The van der Waals surface area contributed by atoms with E-state index in [1.807, 2.05) is 42.5 Å². The third-order valence-corrected chi connectivity index (χ3v) is 4.74. The third-order valence-electron chi connectivity index (χ3n) is 3.64. The minimum absolute atomic E-state index is 0.192. The maximum atomic E-state index is 12.3. The molecule has 24 heavy (non-hydrogen) atoms. The average Bonchev–Trinajstić information content (AvgIpc) is 2.61. The van der Waals surface area contributed by atoms with Gasteiger partial charge in [-0.05, 0) is 24.3 Å². The van der Waals surface area contributed by atoms with E-state index in [0.717, 1.165) is 16.3 Å². The number of para-hydroxylation sites is 1. The lowest BCUT2D eigenvalue weighted by Crippen LogP contribution is -2.28. The number of carbonyl (C=O) groups is 2. The molecule has 2 amide bonds. The molecule has 1 aliphatic rings. The number of hydrogen-bond acceptors (Lipinski definition) is 4. The van der Waals surface area contributed by atoms with Crippen molar-refractivity contribution in [1.29, 1.82) is 0 Å². The lowest BCUT2D eigenvalue weighted by atomic mass is 10.2. The van der Waals surface area contributed by atoms with Crippen molar-refractivity contribution < 1.29 is 9.59 Å². The Morgan fingerprint density at radius 3 is 2.83 bits per heavy atom. The van der Waals surface area contributed by atoms with Gasteiger partial charge in [0, 0.05) is 42.9 Å². The second-order valence-electron chi connectivity index (χ2n) is 5.39. The zero-order valence-electron chi connectivity index (χ0n) is 13.2. The average molecular weight is 339 g/mol. The van der Waals surface area contributed by atoms with Gasteiger partial charge >= 0.3 is 0 Å². The molecule has 122 valence electrons. The molecule has 0 radical (unpaired) electrons. The predicted octanol–water partition coefficient (Wildman–Crippen LogP) is 2.71. The van der Waals surface area contributed by atoms with Gasteiger partial charge in [-0.2, -0.15) is 0 Å². The van der Waals surface area contributed by atoms with E-state index in [9.17, 15) is 9.59 Å². The largest absolute Gasteiger partial charge is 0.342 e. The van der Waals surface area contributed by atoms with Crippen molar-refractivity contribution in [3.05, 3.63) is 65.3 Å². The summed E-state index contributed by atoms with van der Waals surface area (Å²) in [5.74, 6) is -0.437. The SMILES string of the molecule is CN(CCc1ccccn1)C(=O)/C=C1\Sc2ccccc2NC1=O. The van der Waals surface area contributed by atoms with Gasteiger partial charge in [0.1, 0.15) is 0 Å². The summed E-state index contributed by atoms with van der Waals surface area (Å²) < 4.78 is 0. The van der Waals surface area contributed by atoms with E-state index in [1.54, 1.807) is 18.1 Å². The number of fused-ring (bicyclic) bond motifs is 1. The van der Waals surface area contributed by atoms with Crippen LogP contribution in [0, 0.1) is 0 Å². The predicted molar refractivity (Wildman–Crippen MR) is 94.6 cm³/mol. The van der Waals surface area contributed by atoms with Crippen molar-refractivity contribution in [2.45, 2.75) is 11.3 Å². The molecule has 0 fully saturated rings. The summed E-state index contributed by atoms with van der Waals surface area (Å²) in [5.41, 5.74) is 1.71. The molecule has 1 aliphatic heterocycles.